The quantitative estimate of drug-likeness (QED) is 0.696. The molecule has 3 aliphatic rings. The van der Waals surface area contributed by atoms with E-state index in [1.807, 2.05) is 9.80 Å². The highest BCUT2D eigenvalue weighted by Crippen LogP contribution is 2.31. The number of anilines is 1. The average Bonchev–Trinajstić information content (AvgIpc) is 3.28. The summed E-state index contributed by atoms with van der Waals surface area (Å²) < 4.78 is 46.4. The van der Waals surface area contributed by atoms with Crippen molar-refractivity contribution in [2.24, 2.45) is 0 Å². The standard InChI is InChI=1S/C22H27F3N6O2/c23-22(24,25)16-2-5-26-19(14-16)29-11-9-28(10-12-29)17-3-7-30(8-4-17)20(32)18-15-27-31-6-1-13-33-21(18)31/h2,5,14-15,17H,1,3-4,6-13H2. The van der Waals surface area contributed by atoms with Crippen LogP contribution in [-0.2, 0) is 12.7 Å². The molecule has 1 amide bonds. The van der Waals surface area contributed by atoms with Crippen LogP contribution in [-0.4, -0.2) is 82.4 Å². The number of amides is 1. The number of piperidine rings is 1. The summed E-state index contributed by atoms with van der Waals surface area (Å²) in [4.78, 5) is 23.3. The molecule has 5 rings (SSSR count). The summed E-state index contributed by atoms with van der Waals surface area (Å²) in [5.74, 6) is 0.918. The Morgan fingerprint density at radius 2 is 1.82 bits per heavy atom. The zero-order chi connectivity index (χ0) is 23.0. The van der Waals surface area contributed by atoms with E-state index in [1.165, 1.54) is 6.20 Å². The van der Waals surface area contributed by atoms with Crippen LogP contribution in [0.3, 0.4) is 0 Å². The van der Waals surface area contributed by atoms with Crippen LogP contribution >= 0.6 is 0 Å². The zero-order valence-corrected chi connectivity index (χ0v) is 18.3. The van der Waals surface area contributed by atoms with E-state index in [0.717, 1.165) is 51.0 Å². The summed E-state index contributed by atoms with van der Waals surface area (Å²) in [7, 11) is 0. The van der Waals surface area contributed by atoms with Crippen LogP contribution in [0.4, 0.5) is 19.0 Å². The average molecular weight is 464 g/mol. The first-order valence-corrected chi connectivity index (χ1v) is 11.4. The molecule has 0 saturated carbocycles. The molecule has 5 heterocycles. The van der Waals surface area contributed by atoms with E-state index in [9.17, 15) is 18.0 Å². The fraction of sp³-hybridized carbons (Fsp3) is 0.591. The number of nitrogens with zero attached hydrogens (tertiary/aromatic N) is 6. The highest BCUT2D eigenvalue weighted by atomic mass is 19.4. The number of carbonyl (C=O) groups is 1. The summed E-state index contributed by atoms with van der Waals surface area (Å²) in [5, 5.41) is 4.28. The molecule has 0 aliphatic carbocycles. The molecule has 3 aliphatic heterocycles. The van der Waals surface area contributed by atoms with Gasteiger partial charge in [0.2, 0.25) is 5.88 Å². The maximum absolute atomic E-state index is 13.0. The molecule has 2 fully saturated rings. The second kappa shape index (κ2) is 8.85. The number of pyridine rings is 1. The zero-order valence-electron chi connectivity index (χ0n) is 18.3. The number of aromatic nitrogens is 3. The van der Waals surface area contributed by atoms with Crippen molar-refractivity contribution in [3.8, 4) is 5.88 Å². The Labute approximate surface area is 189 Å². The highest BCUT2D eigenvalue weighted by Gasteiger charge is 2.34. The van der Waals surface area contributed by atoms with E-state index in [4.69, 9.17) is 4.74 Å². The molecular formula is C22H27F3N6O2. The van der Waals surface area contributed by atoms with E-state index < -0.39 is 11.7 Å². The highest BCUT2D eigenvalue weighted by molar-refractivity contribution is 5.96. The summed E-state index contributed by atoms with van der Waals surface area (Å²) in [6, 6.07) is 2.49. The third-order valence-corrected chi connectivity index (χ3v) is 6.75. The van der Waals surface area contributed by atoms with Gasteiger partial charge in [0, 0.05) is 64.5 Å². The number of halogens is 3. The minimum Gasteiger partial charge on any atom is -0.477 e. The van der Waals surface area contributed by atoms with Crippen LogP contribution in [0.15, 0.2) is 24.5 Å². The van der Waals surface area contributed by atoms with Crippen molar-refractivity contribution in [2.45, 2.75) is 38.0 Å². The molecule has 0 N–H and O–H groups in total. The molecule has 0 unspecified atom stereocenters. The number of piperazine rings is 1. The van der Waals surface area contributed by atoms with Gasteiger partial charge in [-0.3, -0.25) is 9.69 Å². The minimum absolute atomic E-state index is 0.0305. The largest absolute Gasteiger partial charge is 0.477 e. The van der Waals surface area contributed by atoms with Crippen molar-refractivity contribution >= 4 is 11.7 Å². The van der Waals surface area contributed by atoms with Gasteiger partial charge in [0.1, 0.15) is 11.4 Å². The molecule has 2 aromatic heterocycles. The lowest BCUT2D eigenvalue weighted by Crippen LogP contribution is -2.54. The van der Waals surface area contributed by atoms with Gasteiger partial charge >= 0.3 is 6.18 Å². The van der Waals surface area contributed by atoms with Crippen molar-refractivity contribution in [1.82, 2.24) is 24.6 Å². The molecule has 0 bridgehead atoms. The van der Waals surface area contributed by atoms with Crippen LogP contribution < -0.4 is 9.64 Å². The van der Waals surface area contributed by atoms with Gasteiger partial charge in [-0.1, -0.05) is 0 Å². The lowest BCUT2D eigenvalue weighted by molar-refractivity contribution is -0.137. The fourth-order valence-corrected chi connectivity index (χ4v) is 4.90. The van der Waals surface area contributed by atoms with Gasteiger partial charge in [0.15, 0.2) is 0 Å². The van der Waals surface area contributed by atoms with Crippen molar-refractivity contribution in [1.29, 1.82) is 0 Å². The van der Waals surface area contributed by atoms with Gasteiger partial charge in [-0.25, -0.2) is 9.67 Å². The Morgan fingerprint density at radius 1 is 1.06 bits per heavy atom. The Hall–Kier alpha value is -2.82. The summed E-state index contributed by atoms with van der Waals surface area (Å²) >= 11 is 0. The second-order valence-corrected chi connectivity index (χ2v) is 8.74. The number of hydrogen-bond donors (Lipinski definition) is 0. The molecule has 11 heteroatoms. The smallest absolute Gasteiger partial charge is 0.416 e. The number of hydrogen-bond acceptors (Lipinski definition) is 6. The molecule has 178 valence electrons. The van der Waals surface area contributed by atoms with Crippen LogP contribution in [0.2, 0.25) is 0 Å². The maximum atomic E-state index is 13.0. The molecule has 2 saturated heterocycles. The SMILES string of the molecule is O=C(c1cnn2c1OCCC2)N1CCC(N2CCN(c3cc(C(F)(F)F)ccn3)CC2)CC1. The molecule has 0 atom stereocenters. The maximum Gasteiger partial charge on any atom is 0.416 e. The Kier molecular flexibility index (Phi) is 5.90. The fourth-order valence-electron chi connectivity index (χ4n) is 4.90. The summed E-state index contributed by atoms with van der Waals surface area (Å²) in [5.41, 5.74) is -0.132. The Balaban J connectivity index is 1.14. The van der Waals surface area contributed by atoms with Gasteiger partial charge in [0.05, 0.1) is 18.4 Å². The first-order chi connectivity index (χ1) is 15.9. The molecule has 8 nitrogen and oxygen atoms in total. The van der Waals surface area contributed by atoms with E-state index in [-0.39, 0.29) is 5.91 Å². The number of alkyl halides is 3. The number of likely N-dealkylation sites (tertiary alicyclic amines) is 1. The number of aryl methyl sites for hydroxylation is 1. The van der Waals surface area contributed by atoms with Crippen LogP contribution in [0.1, 0.15) is 35.2 Å². The minimum atomic E-state index is -4.37. The first kappa shape index (κ1) is 22.0. The Morgan fingerprint density at radius 3 is 2.55 bits per heavy atom. The van der Waals surface area contributed by atoms with Crippen molar-refractivity contribution in [3.05, 3.63) is 35.7 Å². The lowest BCUT2D eigenvalue weighted by Gasteiger charge is -2.43. The molecular weight excluding hydrogens is 437 g/mol. The van der Waals surface area contributed by atoms with Gasteiger partial charge in [0.25, 0.3) is 5.91 Å². The second-order valence-electron chi connectivity index (χ2n) is 8.74. The number of carbonyl (C=O) groups excluding carboxylic acids is 1. The van der Waals surface area contributed by atoms with Crippen LogP contribution in [0.5, 0.6) is 5.88 Å². The Bertz CT molecular complexity index is 994. The van der Waals surface area contributed by atoms with E-state index >= 15 is 0 Å². The molecule has 0 radical (unpaired) electrons. The third kappa shape index (κ3) is 4.50. The number of ether oxygens (including phenoxy) is 1. The topological polar surface area (TPSA) is 66.7 Å². The van der Waals surface area contributed by atoms with Gasteiger partial charge in [-0.15, -0.1) is 0 Å². The van der Waals surface area contributed by atoms with E-state index in [0.29, 0.717) is 56.1 Å². The number of fused-ring (bicyclic) bond motifs is 1. The predicted molar refractivity (Wildman–Crippen MR) is 114 cm³/mol. The van der Waals surface area contributed by atoms with Crippen molar-refractivity contribution in [3.63, 3.8) is 0 Å². The third-order valence-electron chi connectivity index (χ3n) is 6.75. The summed E-state index contributed by atoms with van der Waals surface area (Å²) in [6.45, 7) is 5.51. The van der Waals surface area contributed by atoms with Gasteiger partial charge in [-0.2, -0.15) is 18.3 Å². The van der Waals surface area contributed by atoms with Crippen molar-refractivity contribution in [2.75, 3.05) is 50.8 Å². The van der Waals surface area contributed by atoms with E-state index in [2.05, 4.69) is 15.0 Å². The van der Waals surface area contributed by atoms with Crippen molar-refractivity contribution < 1.29 is 22.7 Å². The van der Waals surface area contributed by atoms with Crippen LogP contribution in [0, 0.1) is 0 Å². The molecule has 0 aromatic carbocycles. The van der Waals surface area contributed by atoms with Gasteiger partial charge < -0.3 is 14.5 Å². The van der Waals surface area contributed by atoms with E-state index in [1.54, 1.807) is 10.9 Å². The summed E-state index contributed by atoms with van der Waals surface area (Å²) in [6.07, 6.45) is 1.10. The molecule has 33 heavy (non-hydrogen) atoms. The predicted octanol–water partition coefficient (Wildman–Crippen LogP) is 2.51. The first-order valence-electron chi connectivity index (χ1n) is 11.4. The normalized spacial score (nSPS) is 20.5. The van der Waals surface area contributed by atoms with Gasteiger partial charge in [-0.05, 0) is 25.0 Å². The van der Waals surface area contributed by atoms with Crippen LogP contribution in [0.25, 0.3) is 0 Å². The monoisotopic (exact) mass is 464 g/mol. The lowest BCUT2D eigenvalue weighted by atomic mass is 10.0. The molecule has 0 spiro atoms. The number of rotatable bonds is 3. The molecule has 2 aromatic rings.